The minimum Gasteiger partial charge on any atom is -0.310 e. The monoisotopic (exact) mass is 331 g/mol. The van der Waals surface area contributed by atoms with Gasteiger partial charge in [0.05, 0.1) is 14.9 Å². The second-order valence-electron chi connectivity index (χ2n) is 4.69. The second kappa shape index (κ2) is 7.46. The molecule has 0 bridgehead atoms. The fourth-order valence-corrected chi connectivity index (χ4v) is 3.70. The van der Waals surface area contributed by atoms with E-state index in [2.05, 4.69) is 30.5 Å². The number of hydrogen-bond donors (Lipinski definition) is 1. The van der Waals surface area contributed by atoms with Crippen molar-refractivity contribution in [3.05, 3.63) is 38.3 Å². The molecule has 0 aliphatic rings. The highest BCUT2D eigenvalue weighted by atomic mass is 35.5. The Bertz CT molecular complexity index is 550. The molecule has 1 unspecified atom stereocenters. The highest BCUT2D eigenvalue weighted by molar-refractivity contribution is 7.20. The third-order valence-corrected chi connectivity index (χ3v) is 4.67. The van der Waals surface area contributed by atoms with E-state index in [1.54, 1.807) is 0 Å². The zero-order valence-corrected chi connectivity index (χ0v) is 14.0. The van der Waals surface area contributed by atoms with E-state index in [1.165, 1.54) is 16.9 Å². The third-order valence-electron chi connectivity index (χ3n) is 3.15. The highest BCUT2D eigenvalue weighted by Gasteiger charge is 2.18. The van der Waals surface area contributed by atoms with Crippen LogP contribution in [0.3, 0.4) is 0 Å². The van der Waals surface area contributed by atoms with E-state index in [0.29, 0.717) is 0 Å². The van der Waals surface area contributed by atoms with E-state index in [9.17, 15) is 0 Å². The Hall–Kier alpha value is -0.550. The predicted octanol–water partition coefficient (Wildman–Crippen LogP) is 4.55. The van der Waals surface area contributed by atoms with Gasteiger partial charge in [-0.3, -0.25) is 4.68 Å². The second-order valence-corrected chi connectivity index (χ2v) is 6.98. The molecule has 6 heteroatoms. The molecule has 0 fully saturated rings. The highest BCUT2D eigenvalue weighted by Crippen LogP contribution is 2.36. The Labute approximate surface area is 133 Å². The smallest absolute Gasteiger partial charge is 0.0992 e. The maximum atomic E-state index is 6.29. The van der Waals surface area contributed by atoms with Gasteiger partial charge >= 0.3 is 0 Å². The summed E-state index contributed by atoms with van der Waals surface area (Å²) >= 11 is 13.8. The fourth-order valence-electron chi connectivity index (χ4n) is 2.12. The summed E-state index contributed by atoms with van der Waals surface area (Å²) in [4.78, 5) is 0. The van der Waals surface area contributed by atoms with E-state index in [-0.39, 0.29) is 6.04 Å². The Morgan fingerprint density at radius 3 is 2.75 bits per heavy atom. The van der Waals surface area contributed by atoms with Crippen LogP contribution >= 0.6 is 34.5 Å². The summed E-state index contributed by atoms with van der Waals surface area (Å²) in [5, 5.41) is 7.86. The van der Waals surface area contributed by atoms with Crippen molar-refractivity contribution >= 4 is 34.5 Å². The molecule has 0 saturated heterocycles. The summed E-state index contributed by atoms with van der Waals surface area (Å²) in [5.41, 5.74) is 2.29. The first-order chi connectivity index (χ1) is 9.63. The van der Waals surface area contributed by atoms with E-state index < -0.39 is 0 Å². The molecule has 110 valence electrons. The van der Waals surface area contributed by atoms with Gasteiger partial charge in [-0.25, -0.2) is 0 Å². The molecule has 0 aliphatic heterocycles. The van der Waals surface area contributed by atoms with Crippen LogP contribution in [0.1, 0.15) is 37.4 Å². The average molecular weight is 332 g/mol. The maximum Gasteiger partial charge on any atom is 0.0992 e. The Morgan fingerprint density at radius 1 is 1.40 bits per heavy atom. The zero-order valence-electron chi connectivity index (χ0n) is 11.7. The molecule has 20 heavy (non-hydrogen) atoms. The predicted molar refractivity (Wildman–Crippen MR) is 87.0 cm³/mol. The molecular weight excluding hydrogens is 313 g/mol. The summed E-state index contributed by atoms with van der Waals surface area (Å²) in [6, 6.07) is 2.15. The number of halogens is 2. The van der Waals surface area contributed by atoms with Crippen LogP contribution < -0.4 is 5.32 Å². The number of aromatic nitrogens is 2. The van der Waals surface area contributed by atoms with Gasteiger partial charge in [0, 0.05) is 24.3 Å². The molecule has 1 atom stereocenters. The number of rotatable bonds is 7. The van der Waals surface area contributed by atoms with E-state index in [0.717, 1.165) is 40.2 Å². The first-order valence-corrected chi connectivity index (χ1v) is 8.40. The summed E-state index contributed by atoms with van der Waals surface area (Å²) in [6.07, 6.45) is 5.96. The van der Waals surface area contributed by atoms with Crippen molar-refractivity contribution in [1.82, 2.24) is 15.1 Å². The molecule has 0 aromatic carbocycles. The molecule has 2 rings (SSSR count). The first kappa shape index (κ1) is 15.8. The van der Waals surface area contributed by atoms with Gasteiger partial charge in [-0.15, -0.1) is 11.3 Å². The number of hydrogen-bond acceptors (Lipinski definition) is 3. The Kier molecular flexibility index (Phi) is 5.90. The summed E-state index contributed by atoms with van der Waals surface area (Å²) < 4.78 is 3.44. The molecule has 1 N–H and O–H groups in total. The molecule has 3 nitrogen and oxygen atoms in total. The molecule has 2 heterocycles. The van der Waals surface area contributed by atoms with Crippen molar-refractivity contribution in [2.75, 3.05) is 6.54 Å². The van der Waals surface area contributed by atoms with Crippen LogP contribution in [-0.4, -0.2) is 16.3 Å². The van der Waals surface area contributed by atoms with Gasteiger partial charge in [0.1, 0.15) is 0 Å². The minimum atomic E-state index is 0.181. The third kappa shape index (κ3) is 3.98. The van der Waals surface area contributed by atoms with Crippen LogP contribution in [0.5, 0.6) is 0 Å². The maximum absolute atomic E-state index is 6.29. The Balaban J connectivity index is 2.16. The molecule has 0 saturated carbocycles. The zero-order chi connectivity index (χ0) is 14.5. The van der Waals surface area contributed by atoms with E-state index >= 15 is 0 Å². The molecule has 0 spiro atoms. The molecule has 0 radical (unpaired) electrons. The van der Waals surface area contributed by atoms with Gasteiger partial charge in [0.2, 0.25) is 0 Å². The molecular formula is C14H19Cl2N3S. The first-order valence-electron chi connectivity index (χ1n) is 6.83. The van der Waals surface area contributed by atoms with Crippen molar-refractivity contribution in [2.45, 2.75) is 39.3 Å². The van der Waals surface area contributed by atoms with Crippen LogP contribution in [-0.2, 0) is 13.0 Å². The van der Waals surface area contributed by atoms with Crippen LogP contribution in [0, 0.1) is 0 Å². The normalized spacial score (nSPS) is 12.8. The fraction of sp³-hybridized carbons (Fsp3) is 0.500. The van der Waals surface area contributed by atoms with Gasteiger partial charge < -0.3 is 5.32 Å². The topological polar surface area (TPSA) is 29.9 Å². The number of thiophene rings is 1. The molecule has 2 aromatic heterocycles. The summed E-state index contributed by atoms with van der Waals surface area (Å²) in [5.74, 6) is 0. The largest absolute Gasteiger partial charge is 0.310 e. The molecule has 0 aliphatic carbocycles. The lowest BCUT2D eigenvalue weighted by atomic mass is 10.0. The van der Waals surface area contributed by atoms with Gasteiger partial charge in [-0.05, 0) is 37.9 Å². The van der Waals surface area contributed by atoms with E-state index in [1.807, 2.05) is 16.9 Å². The quantitative estimate of drug-likeness (QED) is 0.806. The van der Waals surface area contributed by atoms with Gasteiger partial charge in [0.15, 0.2) is 0 Å². The molecule has 0 amide bonds. The lowest BCUT2D eigenvalue weighted by molar-refractivity contribution is 0.530. The number of nitrogens with zero attached hydrogens (tertiary/aromatic N) is 2. The van der Waals surface area contributed by atoms with Gasteiger partial charge in [-0.1, -0.05) is 30.1 Å². The lowest BCUT2D eigenvalue weighted by Crippen LogP contribution is -2.23. The number of aryl methyl sites for hydroxylation is 1. The Morgan fingerprint density at radius 2 is 2.20 bits per heavy atom. The number of nitrogens with one attached hydrogen (secondary N) is 1. The molecule has 2 aromatic rings. The minimum absolute atomic E-state index is 0.181. The summed E-state index contributed by atoms with van der Waals surface area (Å²) in [6.45, 7) is 6.08. The summed E-state index contributed by atoms with van der Waals surface area (Å²) in [7, 11) is 0. The van der Waals surface area contributed by atoms with Crippen molar-refractivity contribution in [3.63, 3.8) is 0 Å². The van der Waals surface area contributed by atoms with Crippen molar-refractivity contribution in [1.29, 1.82) is 0 Å². The van der Waals surface area contributed by atoms with Gasteiger partial charge in [-0.2, -0.15) is 5.10 Å². The van der Waals surface area contributed by atoms with Crippen molar-refractivity contribution in [2.24, 2.45) is 0 Å². The van der Waals surface area contributed by atoms with Crippen LogP contribution in [0.15, 0.2) is 18.5 Å². The SMILES string of the molecule is CCCNC(Cc1cnn(CC)c1)c1cc(Cl)sc1Cl. The van der Waals surface area contributed by atoms with E-state index in [4.69, 9.17) is 23.2 Å². The lowest BCUT2D eigenvalue weighted by Gasteiger charge is -2.17. The van der Waals surface area contributed by atoms with Crippen LogP contribution in [0.2, 0.25) is 8.67 Å². The average Bonchev–Trinajstić information content (AvgIpc) is 3.01. The van der Waals surface area contributed by atoms with Crippen molar-refractivity contribution in [3.8, 4) is 0 Å². The van der Waals surface area contributed by atoms with Crippen LogP contribution in [0.25, 0.3) is 0 Å². The standard InChI is InChI=1S/C14H19Cl2N3S/c1-3-5-17-12(11-7-13(15)20-14(11)16)6-10-8-18-19(4-2)9-10/h7-9,12,17H,3-6H2,1-2H3. The van der Waals surface area contributed by atoms with Crippen molar-refractivity contribution < 1.29 is 0 Å². The van der Waals surface area contributed by atoms with Crippen LogP contribution in [0.4, 0.5) is 0 Å². The van der Waals surface area contributed by atoms with Gasteiger partial charge in [0.25, 0.3) is 0 Å².